The van der Waals surface area contributed by atoms with Crippen LogP contribution in [-0.2, 0) is 4.79 Å². The number of nitriles is 1. The first kappa shape index (κ1) is 17.4. The number of anilines is 2. The molecule has 0 saturated carbocycles. The van der Waals surface area contributed by atoms with Crippen molar-refractivity contribution < 1.29 is 4.79 Å². The van der Waals surface area contributed by atoms with Gasteiger partial charge in [0, 0.05) is 19.3 Å². The van der Waals surface area contributed by atoms with Crippen LogP contribution in [0.1, 0.15) is 18.9 Å². The Bertz CT molecular complexity index is 892. The Morgan fingerprint density at radius 1 is 1.15 bits per heavy atom. The van der Waals surface area contributed by atoms with Crippen molar-refractivity contribution in [1.82, 2.24) is 0 Å². The molecule has 2 aromatic carbocycles. The van der Waals surface area contributed by atoms with E-state index in [0.29, 0.717) is 24.3 Å². The normalized spacial score (nSPS) is 15.1. The van der Waals surface area contributed by atoms with Gasteiger partial charge in [-0.1, -0.05) is 30.3 Å². The number of carbonyl (C=O) groups excluding carboxylic acids is 1. The van der Waals surface area contributed by atoms with Crippen LogP contribution < -0.4 is 9.91 Å². The summed E-state index contributed by atoms with van der Waals surface area (Å²) in [5.74, 6) is -0.121. The second-order valence-corrected chi connectivity index (χ2v) is 6.12. The Morgan fingerprint density at radius 3 is 2.50 bits per heavy atom. The summed E-state index contributed by atoms with van der Waals surface area (Å²) >= 11 is 0. The quantitative estimate of drug-likeness (QED) is 0.774. The van der Waals surface area contributed by atoms with Gasteiger partial charge in [-0.15, -0.1) is 0 Å². The molecule has 26 heavy (non-hydrogen) atoms. The SMILES string of the molecule is CC1=NN(c2ccccc2)C(=O)/C1=C\c1ccc(N(C)CCC#N)cc1. The lowest BCUT2D eigenvalue weighted by Gasteiger charge is -2.17. The third-order valence-electron chi connectivity index (χ3n) is 4.27. The van der Waals surface area contributed by atoms with Crippen molar-refractivity contribution in [2.75, 3.05) is 23.5 Å². The van der Waals surface area contributed by atoms with Gasteiger partial charge in [0.2, 0.25) is 0 Å². The molecular formula is C21H20N4O. The maximum Gasteiger partial charge on any atom is 0.280 e. The van der Waals surface area contributed by atoms with Gasteiger partial charge >= 0.3 is 0 Å². The fourth-order valence-electron chi connectivity index (χ4n) is 2.77. The van der Waals surface area contributed by atoms with Gasteiger partial charge in [0.15, 0.2) is 0 Å². The maximum absolute atomic E-state index is 12.7. The Hall–Kier alpha value is -3.39. The van der Waals surface area contributed by atoms with Crippen LogP contribution in [0.15, 0.2) is 65.3 Å². The third-order valence-corrected chi connectivity index (χ3v) is 4.27. The van der Waals surface area contributed by atoms with Crippen LogP contribution in [0.2, 0.25) is 0 Å². The van der Waals surface area contributed by atoms with Crippen molar-refractivity contribution in [2.24, 2.45) is 5.10 Å². The maximum atomic E-state index is 12.7. The van der Waals surface area contributed by atoms with E-state index in [-0.39, 0.29) is 5.91 Å². The highest BCUT2D eigenvalue weighted by Crippen LogP contribution is 2.25. The van der Waals surface area contributed by atoms with Gasteiger partial charge < -0.3 is 4.90 Å². The molecule has 0 atom stereocenters. The number of carbonyl (C=O) groups is 1. The first-order chi connectivity index (χ1) is 12.6. The van der Waals surface area contributed by atoms with Gasteiger partial charge in [-0.2, -0.15) is 15.4 Å². The zero-order valence-corrected chi connectivity index (χ0v) is 14.9. The minimum Gasteiger partial charge on any atom is -0.374 e. The number of hydrogen-bond acceptors (Lipinski definition) is 4. The number of para-hydroxylation sites is 1. The van der Waals surface area contributed by atoms with Crippen molar-refractivity contribution >= 4 is 29.1 Å². The fraction of sp³-hybridized carbons (Fsp3) is 0.190. The fourth-order valence-corrected chi connectivity index (χ4v) is 2.77. The lowest BCUT2D eigenvalue weighted by molar-refractivity contribution is -0.114. The highest BCUT2D eigenvalue weighted by Gasteiger charge is 2.28. The number of rotatable bonds is 5. The summed E-state index contributed by atoms with van der Waals surface area (Å²) in [7, 11) is 1.96. The van der Waals surface area contributed by atoms with E-state index < -0.39 is 0 Å². The zero-order chi connectivity index (χ0) is 18.5. The molecule has 3 rings (SSSR count). The monoisotopic (exact) mass is 344 g/mol. The molecule has 0 bridgehead atoms. The molecule has 0 spiro atoms. The molecule has 0 aromatic heterocycles. The summed E-state index contributed by atoms with van der Waals surface area (Å²) in [5, 5.41) is 14.5. The molecule has 1 heterocycles. The molecule has 0 aliphatic carbocycles. The predicted molar refractivity (Wildman–Crippen MR) is 105 cm³/mol. The minimum absolute atomic E-state index is 0.121. The summed E-state index contributed by atoms with van der Waals surface area (Å²) in [6.45, 7) is 2.53. The first-order valence-corrected chi connectivity index (χ1v) is 8.45. The summed E-state index contributed by atoms with van der Waals surface area (Å²) in [6.07, 6.45) is 2.35. The number of hydrogen-bond donors (Lipinski definition) is 0. The molecule has 1 aliphatic heterocycles. The summed E-state index contributed by atoms with van der Waals surface area (Å²) < 4.78 is 0. The van der Waals surface area contributed by atoms with E-state index in [4.69, 9.17) is 5.26 Å². The molecule has 0 saturated heterocycles. The molecule has 5 nitrogen and oxygen atoms in total. The lowest BCUT2D eigenvalue weighted by Crippen LogP contribution is -2.21. The summed E-state index contributed by atoms with van der Waals surface area (Å²) in [4.78, 5) is 14.8. The molecule has 0 radical (unpaired) electrons. The lowest BCUT2D eigenvalue weighted by atomic mass is 10.1. The van der Waals surface area contributed by atoms with Gasteiger partial charge in [0.25, 0.3) is 5.91 Å². The van der Waals surface area contributed by atoms with E-state index in [2.05, 4.69) is 11.2 Å². The van der Waals surface area contributed by atoms with Crippen molar-refractivity contribution in [3.8, 4) is 6.07 Å². The molecule has 1 aliphatic rings. The average molecular weight is 344 g/mol. The van der Waals surface area contributed by atoms with Gasteiger partial charge in [-0.3, -0.25) is 4.79 Å². The highest BCUT2D eigenvalue weighted by molar-refractivity contribution is 6.32. The van der Waals surface area contributed by atoms with Crippen molar-refractivity contribution in [3.63, 3.8) is 0 Å². The van der Waals surface area contributed by atoms with Gasteiger partial charge in [-0.25, -0.2) is 0 Å². The molecule has 1 amide bonds. The molecule has 2 aromatic rings. The Labute approximate surface area is 153 Å². The van der Waals surface area contributed by atoms with Crippen LogP contribution in [0, 0.1) is 11.3 Å². The topological polar surface area (TPSA) is 59.7 Å². The number of amides is 1. The standard InChI is InChI=1S/C21H20N4O/c1-16-20(21(26)25(23-16)19-7-4-3-5-8-19)15-17-9-11-18(12-10-17)24(2)14-6-13-22/h3-5,7-12,15H,6,14H2,1-2H3/b20-15-. The smallest absolute Gasteiger partial charge is 0.280 e. The van der Waals surface area contributed by atoms with Crippen LogP contribution in [0.3, 0.4) is 0 Å². The second-order valence-electron chi connectivity index (χ2n) is 6.12. The van der Waals surface area contributed by atoms with Gasteiger partial charge in [0.05, 0.1) is 29.5 Å². The van der Waals surface area contributed by atoms with E-state index >= 15 is 0 Å². The van der Waals surface area contributed by atoms with Crippen LogP contribution in [0.5, 0.6) is 0 Å². The molecule has 130 valence electrons. The van der Waals surface area contributed by atoms with Crippen molar-refractivity contribution in [2.45, 2.75) is 13.3 Å². The van der Waals surface area contributed by atoms with Crippen LogP contribution in [0.4, 0.5) is 11.4 Å². The number of benzene rings is 2. The van der Waals surface area contributed by atoms with E-state index in [1.807, 2.05) is 79.5 Å². The molecule has 0 N–H and O–H groups in total. The first-order valence-electron chi connectivity index (χ1n) is 8.45. The molecule has 5 heteroatoms. The highest BCUT2D eigenvalue weighted by atomic mass is 16.2. The Balaban J connectivity index is 1.79. The Kier molecular flexibility index (Phi) is 5.14. The van der Waals surface area contributed by atoms with Crippen LogP contribution >= 0.6 is 0 Å². The van der Waals surface area contributed by atoms with Crippen molar-refractivity contribution in [3.05, 3.63) is 65.7 Å². The predicted octanol–water partition coefficient (Wildman–Crippen LogP) is 3.84. The van der Waals surface area contributed by atoms with E-state index in [1.54, 1.807) is 0 Å². The largest absolute Gasteiger partial charge is 0.374 e. The van der Waals surface area contributed by atoms with Crippen LogP contribution in [0.25, 0.3) is 6.08 Å². The second kappa shape index (κ2) is 7.66. The van der Waals surface area contributed by atoms with E-state index in [1.165, 1.54) is 5.01 Å². The minimum atomic E-state index is -0.121. The average Bonchev–Trinajstić information content (AvgIpc) is 2.95. The third kappa shape index (κ3) is 3.65. The van der Waals surface area contributed by atoms with Gasteiger partial charge in [-0.05, 0) is 42.8 Å². The van der Waals surface area contributed by atoms with Gasteiger partial charge in [0.1, 0.15) is 0 Å². The van der Waals surface area contributed by atoms with E-state index in [0.717, 1.165) is 16.9 Å². The van der Waals surface area contributed by atoms with Crippen LogP contribution in [-0.4, -0.2) is 25.2 Å². The molecule has 0 fully saturated rings. The zero-order valence-electron chi connectivity index (χ0n) is 14.9. The Morgan fingerprint density at radius 2 is 1.85 bits per heavy atom. The summed E-state index contributed by atoms with van der Waals surface area (Å²) in [5.41, 5.74) is 4.04. The number of hydrazone groups is 1. The van der Waals surface area contributed by atoms with E-state index in [9.17, 15) is 4.79 Å². The summed E-state index contributed by atoms with van der Waals surface area (Å²) in [6, 6.07) is 19.5. The molecular weight excluding hydrogens is 324 g/mol. The van der Waals surface area contributed by atoms with Crippen molar-refractivity contribution in [1.29, 1.82) is 5.26 Å². The number of nitrogens with zero attached hydrogens (tertiary/aromatic N) is 4. The molecule has 0 unspecified atom stereocenters.